The zero-order valence-corrected chi connectivity index (χ0v) is 10.6. The average molecular weight is 264 g/mol. The topological polar surface area (TPSA) is 56.9 Å². The van der Waals surface area contributed by atoms with Crippen molar-refractivity contribution in [2.75, 3.05) is 13.1 Å². The van der Waals surface area contributed by atoms with Gasteiger partial charge in [0, 0.05) is 28.5 Å². The fourth-order valence-corrected chi connectivity index (χ4v) is 2.43. The van der Waals surface area contributed by atoms with Crippen LogP contribution in [-0.4, -0.2) is 30.0 Å². The summed E-state index contributed by atoms with van der Waals surface area (Å²) >= 11 is 5.92. The van der Waals surface area contributed by atoms with Gasteiger partial charge in [0.15, 0.2) is 0 Å². The average Bonchev–Trinajstić information content (AvgIpc) is 2.96. The van der Waals surface area contributed by atoms with Gasteiger partial charge in [-0.3, -0.25) is 4.79 Å². The third-order valence-corrected chi connectivity index (χ3v) is 3.46. The highest BCUT2D eigenvalue weighted by Crippen LogP contribution is 2.20. The van der Waals surface area contributed by atoms with Crippen LogP contribution in [0.5, 0.6) is 0 Å². The second-order valence-corrected chi connectivity index (χ2v) is 5.01. The van der Waals surface area contributed by atoms with Crippen LogP contribution in [0.1, 0.15) is 16.9 Å². The number of carbonyl (C=O) groups is 1. The highest BCUT2D eigenvalue weighted by Gasteiger charge is 2.18. The second-order valence-electron chi connectivity index (χ2n) is 4.58. The number of aromatic nitrogens is 1. The molecule has 4 nitrogen and oxygen atoms in total. The molecule has 1 aliphatic heterocycles. The number of rotatable bonds is 2. The summed E-state index contributed by atoms with van der Waals surface area (Å²) in [5, 5.41) is 7.88. The Morgan fingerprint density at radius 1 is 1.39 bits per heavy atom. The van der Waals surface area contributed by atoms with Gasteiger partial charge in [-0.2, -0.15) is 0 Å². The number of benzene rings is 1. The summed E-state index contributed by atoms with van der Waals surface area (Å²) < 4.78 is 0. The lowest BCUT2D eigenvalue weighted by molar-refractivity contribution is 0.0936. The summed E-state index contributed by atoms with van der Waals surface area (Å²) in [6, 6.07) is 7.63. The minimum absolute atomic E-state index is 0.0592. The number of carbonyl (C=O) groups excluding carboxylic acids is 1. The molecule has 18 heavy (non-hydrogen) atoms. The molecule has 1 saturated heterocycles. The van der Waals surface area contributed by atoms with Gasteiger partial charge in [-0.1, -0.05) is 17.7 Å². The van der Waals surface area contributed by atoms with Crippen molar-refractivity contribution in [3.05, 3.63) is 35.0 Å². The Bertz CT molecular complexity index is 587. The number of nitrogens with one attached hydrogen (secondary N) is 3. The molecule has 94 valence electrons. The van der Waals surface area contributed by atoms with Crippen LogP contribution in [0.2, 0.25) is 5.02 Å². The Hall–Kier alpha value is -1.52. The summed E-state index contributed by atoms with van der Waals surface area (Å²) in [6.07, 6.45) is 0.984. The quantitative estimate of drug-likeness (QED) is 0.775. The molecule has 0 saturated carbocycles. The van der Waals surface area contributed by atoms with Crippen LogP contribution >= 0.6 is 11.6 Å². The van der Waals surface area contributed by atoms with Crippen LogP contribution in [0.3, 0.4) is 0 Å². The van der Waals surface area contributed by atoms with E-state index in [2.05, 4.69) is 15.6 Å². The fourth-order valence-electron chi connectivity index (χ4n) is 2.26. The lowest BCUT2D eigenvalue weighted by Gasteiger charge is -2.09. The molecule has 1 aromatic heterocycles. The molecule has 0 radical (unpaired) electrons. The maximum absolute atomic E-state index is 12.1. The van der Waals surface area contributed by atoms with Gasteiger partial charge in [-0.25, -0.2) is 0 Å². The minimum atomic E-state index is -0.0592. The van der Waals surface area contributed by atoms with Crippen molar-refractivity contribution in [2.45, 2.75) is 12.5 Å². The maximum Gasteiger partial charge on any atom is 0.267 e. The summed E-state index contributed by atoms with van der Waals surface area (Å²) in [5.74, 6) is -0.0592. The molecule has 1 aromatic carbocycles. The number of hydrogen-bond donors (Lipinski definition) is 3. The number of fused-ring (bicyclic) bond motifs is 1. The van der Waals surface area contributed by atoms with E-state index in [4.69, 9.17) is 11.6 Å². The number of H-pyrrole nitrogens is 1. The Morgan fingerprint density at radius 3 is 3.06 bits per heavy atom. The zero-order valence-electron chi connectivity index (χ0n) is 9.79. The van der Waals surface area contributed by atoms with Gasteiger partial charge in [0.05, 0.1) is 0 Å². The van der Waals surface area contributed by atoms with Crippen molar-refractivity contribution in [1.82, 2.24) is 15.6 Å². The van der Waals surface area contributed by atoms with Gasteiger partial charge in [0.2, 0.25) is 0 Å². The van der Waals surface area contributed by atoms with E-state index in [-0.39, 0.29) is 11.9 Å². The van der Waals surface area contributed by atoms with E-state index in [0.29, 0.717) is 10.7 Å². The molecule has 0 spiro atoms. The summed E-state index contributed by atoms with van der Waals surface area (Å²) in [4.78, 5) is 15.1. The van der Waals surface area contributed by atoms with Crippen molar-refractivity contribution in [3.63, 3.8) is 0 Å². The van der Waals surface area contributed by atoms with Gasteiger partial charge in [-0.05, 0) is 31.2 Å². The molecular formula is C13H14ClN3O. The third kappa shape index (κ3) is 2.21. The molecule has 2 aromatic rings. The molecular weight excluding hydrogens is 250 g/mol. The third-order valence-electron chi connectivity index (χ3n) is 3.22. The molecule has 0 aliphatic carbocycles. The van der Waals surface area contributed by atoms with Crippen molar-refractivity contribution in [1.29, 1.82) is 0 Å². The first kappa shape index (κ1) is 11.6. The van der Waals surface area contributed by atoms with E-state index in [9.17, 15) is 4.79 Å². The standard InChI is InChI=1S/C13H14ClN3O/c14-9-2-1-8-5-12(17-11(8)6-9)13(18)16-10-3-4-15-7-10/h1-2,5-6,10,15,17H,3-4,7H2,(H,16,18). The summed E-state index contributed by atoms with van der Waals surface area (Å²) in [5.41, 5.74) is 1.47. The predicted molar refractivity (Wildman–Crippen MR) is 72.0 cm³/mol. The van der Waals surface area contributed by atoms with Gasteiger partial charge >= 0.3 is 0 Å². The molecule has 2 heterocycles. The van der Waals surface area contributed by atoms with E-state index < -0.39 is 0 Å². The van der Waals surface area contributed by atoms with E-state index in [1.807, 2.05) is 24.3 Å². The van der Waals surface area contributed by atoms with Gasteiger partial charge < -0.3 is 15.6 Å². The molecule has 3 rings (SSSR count). The fraction of sp³-hybridized carbons (Fsp3) is 0.308. The van der Waals surface area contributed by atoms with Crippen molar-refractivity contribution < 1.29 is 4.79 Å². The van der Waals surface area contributed by atoms with Crippen LogP contribution in [0.15, 0.2) is 24.3 Å². The van der Waals surface area contributed by atoms with E-state index in [1.54, 1.807) is 0 Å². The first-order valence-electron chi connectivity index (χ1n) is 6.02. The minimum Gasteiger partial charge on any atom is -0.350 e. The molecule has 1 unspecified atom stereocenters. The largest absolute Gasteiger partial charge is 0.350 e. The van der Waals surface area contributed by atoms with Crippen LogP contribution in [0, 0.1) is 0 Å². The van der Waals surface area contributed by atoms with E-state index >= 15 is 0 Å². The number of aromatic amines is 1. The molecule has 1 fully saturated rings. The molecule has 1 aliphatic rings. The predicted octanol–water partition coefficient (Wildman–Crippen LogP) is 1.91. The van der Waals surface area contributed by atoms with Gasteiger partial charge in [-0.15, -0.1) is 0 Å². The number of halogens is 1. The number of hydrogen-bond acceptors (Lipinski definition) is 2. The van der Waals surface area contributed by atoms with Crippen LogP contribution in [0.25, 0.3) is 10.9 Å². The normalized spacial score (nSPS) is 19.3. The van der Waals surface area contributed by atoms with Crippen LogP contribution < -0.4 is 10.6 Å². The molecule has 5 heteroatoms. The monoisotopic (exact) mass is 263 g/mol. The lowest BCUT2D eigenvalue weighted by atomic mass is 10.2. The lowest BCUT2D eigenvalue weighted by Crippen LogP contribution is -2.36. The molecule has 0 bridgehead atoms. The Balaban J connectivity index is 1.82. The summed E-state index contributed by atoms with van der Waals surface area (Å²) in [7, 11) is 0. The smallest absolute Gasteiger partial charge is 0.267 e. The molecule has 1 amide bonds. The Kier molecular flexibility index (Phi) is 2.97. The van der Waals surface area contributed by atoms with Crippen LogP contribution in [-0.2, 0) is 0 Å². The van der Waals surface area contributed by atoms with Gasteiger partial charge in [0.25, 0.3) is 5.91 Å². The second kappa shape index (κ2) is 4.63. The highest BCUT2D eigenvalue weighted by atomic mass is 35.5. The molecule has 3 N–H and O–H groups in total. The first-order chi connectivity index (χ1) is 8.72. The Labute approximate surface area is 110 Å². The molecule has 1 atom stereocenters. The Morgan fingerprint density at radius 2 is 2.28 bits per heavy atom. The van der Waals surface area contributed by atoms with Crippen molar-refractivity contribution >= 4 is 28.4 Å². The number of amides is 1. The zero-order chi connectivity index (χ0) is 12.5. The highest BCUT2D eigenvalue weighted by molar-refractivity contribution is 6.31. The summed E-state index contributed by atoms with van der Waals surface area (Å²) in [6.45, 7) is 1.81. The SMILES string of the molecule is O=C(NC1CCNC1)c1cc2ccc(Cl)cc2[nH]1. The van der Waals surface area contributed by atoms with Crippen LogP contribution in [0.4, 0.5) is 0 Å². The maximum atomic E-state index is 12.1. The first-order valence-corrected chi connectivity index (χ1v) is 6.40. The van der Waals surface area contributed by atoms with E-state index in [0.717, 1.165) is 30.4 Å². The van der Waals surface area contributed by atoms with E-state index in [1.165, 1.54) is 0 Å². The van der Waals surface area contributed by atoms with Gasteiger partial charge in [0.1, 0.15) is 5.69 Å². The van der Waals surface area contributed by atoms with Crippen molar-refractivity contribution in [2.24, 2.45) is 0 Å². The van der Waals surface area contributed by atoms with Crippen molar-refractivity contribution in [3.8, 4) is 0 Å².